The minimum atomic E-state index is -0.0786. The molecule has 0 amide bonds. The highest BCUT2D eigenvalue weighted by molar-refractivity contribution is 7.01. The lowest BCUT2D eigenvalue weighted by Gasteiger charge is -2.45. The maximum absolute atomic E-state index is 6.80. The SMILES string of the molecule is CCCCc1ccc(N2c3cc(C)cc4c3B(c3ccc5oc6ccccc6c5c3N4c3ccc(C(C)(C)C)cc3)c3ccc4oc5ccccc5c4c32)c(-c2ccc(C3CCCCC3)cc2)c1. The van der Waals surface area contributed by atoms with Gasteiger partial charge in [0.15, 0.2) is 0 Å². The van der Waals surface area contributed by atoms with E-state index >= 15 is 0 Å². The maximum Gasteiger partial charge on any atom is 0.252 e. The van der Waals surface area contributed by atoms with E-state index in [-0.39, 0.29) is 12.1 Å². The van der Waals surface area contributed by atoms with E-state index < -0.39 is 0 Å². The van der Waals surface area contributed by atoms with Crippen molar-refractivity contribution in [2.75, 3.05) is 9.80 Å². The highest BCUT2D eigenvalue weighted by atomic mass is 16.3. The maximum atomic E-state index is 6.80. The Morgan fingerprint density at radius 2 is 1.19 bits per heavy atom. The average molecular weight is 885 g/mol. The number of furan rings is 2. The number of unbranched alkanes of at least 4 members (excludes halogenated alkanes) is 1. The molecule has 5 heteroatoms. The van der Waals surface area contributed by atoms with Crippen LogP contribution < -0.4 is 26.2 Å². The molecule has 1 aliphatic carbocycles. The Balaban J connectivity index is 1.13. The number of aryl methyl sites for hydroxylation is 2. The molecule has 13 rings (SSSR count). The number of benzene rings is 8. The third kappa shape index (κ3) is 6.41. The van der Waals surface area contributed by atoms with Crippen molar-refractivity contribution >= 4 is 101 Å². The molecule has 0 atom stereocenters. The van der Waals surface area contributed by atoms with Crippen LogP contribution in [0.3, 0.4) is 0 Å². The molecule has 3 aliphatic rings. The molecule has 4 nitrogen and oxygen atoms in total. The molecular formula is C63H57BN2O2. The largest absolute Gasteiger partial charge is 0.456 e. The van der Waals surface area contributed by atoms with E-state index in [1.54, 1.807) is 0 Å². The fraction of sp³-hybridized carbons (Fsp3) is 0.238. The minimum absolute atomic E-state index is 0.0206. The van der Waals surface area contributed by atoms with Gasteiger partial charge in [-0.25, -0.2) is 0 Å². The molecule has 0 saturated heterocycles. The Labute approximate surface area is 400 Å². The van der Waals surface area contributed by atoms with Crippen molar-refractivity contribution in [3.63, 3.8) is 0 Å². The van der Waals surface area contributed by atoms with Crippen LogP contribution in [-0.2, 0) is 11.8 Å². The summed E-state index contributed by atoms with van der Waals surface area (Å²) in [5, 5.41) is 4.55. The van der Waals surface area contributed by atoms with Crippen LogP contribution in [0.5, 0.6) is 0 Å². The molecule has 0 spiro atoms. The fourth-order valence-electron chi connectivity index (χ4n) is 12.3. The van der Waals surface area contributed by atoms with Gasteiger partial charge in [-0.2, -0.15) is 0 Å². The van der Waals surface area contributed by atoms with E-state index in [2.05, 4.69) is 196 Å². The zero-order valence-electron chi connectivity index (χ0n) is 40.0. The van der Waals surface area contributed by atoms with Gasteiger partial charge in [0.25, 0.3) is 6.71 Å². The van der Waals surface area contributed by atoms with Crippen LogP contribution in [0.2, 0.25) is 0 Å². The first-order valence-electron chi connectivity index (χ1n) is 25.2. The number of hydrogen-bond acceptors (Lipinski definition) is 4. The molecule has 2 aromatic heterocycles. The molecule has 0 unspecified atom stereocenters. The first-order chi connectivity index (χ1) is 33.2. The molecule has 4 heterocycles. The van der Waals surface area contributed by atoms with Gasteiger partial charge in [-0.3, -0.25) is 0 Å². The van der Waals surface area contributed by atoms with E-state index in [1.165, 1.54) is 110 Å². The summed E-state index contributed by atoms with van der Waals surface area (Å²) in [5.41, 5.74) is 22.5. The number of nitrogens with zero attached hydrogens (tertiary/aromatic N) is 2. The number of fused-ring (bicyclic) bond motifs is 12. The van der Waals surface area contributed by atoms with Gasteiger partial charge in [-0.05, 0) is 149 Å². The Bertz CT molecular complexity index is 3600. The molecule has 8 aromatic carbocycles. The molecule has 2 aliphatic heterocycles. The van der Waals surface area contributed by atoms with Crippen LogP contribution in [0.15, 0.2) is 160 Å². The molecule has 0 bridgehead atoms. The van der Waals surface area contributed by atoms with Crippen LogP contribution >= 0.6 is 0 Å². The number of para-hydroxylation sites is 2. The topological polar surface area (TPSA) is 32.8 Å². The average Bonchev–Trinajstić information content (AvgIpc) is 3.95. The highest BCUT2D eigenvalue weighted by Gasteiger charge is 2.46. The van der Waals surface area contributed by atoms with Crippen LogP contribution in [-0.4, -0.2) is 6.71 Å². The fourth-order valence-corrected chi connectivity index (χ4v) is 12.3. The van der Waals surface area contributed by atoms with Gasteiger partial charge in [0.2, 0.25) is 0 Å². The zero-order valence-corrected chi connectivity index (χ0v) is 40.0. The zero-order chi connectivity index (χ0) is 45.8. The van der Waals surface area contributed by atoms with Gasteiger partial charge in [0.1, 0.15) is 22.3 Å². The first-order valence-corrected chi connectivity index (χ1v) is 25.2. The Morgan fingerprint density at radius 3 is 1.81 bits per heavy atom. The third-order valence-electron chi connectivity index (χ3n) is 15.6. The summed E-state index contributed by atoms with van der Waals surface area (Å²) in [5.74, 6) is 0.650. The van der Waals surface area contributed by atoms with Crippen molar-refractivity contribution in [3.05, 3.63) is 174 Å². The number of hydrogen-bond donors (Lipinski definition) is 0. The van der Waals surface area contributed by atoms with E-state index in [1.807, 2.05) is 0 Å². The molecular weight excluding hydrogens is 828 g/mol. The Hall–Kier alpha value is -6.98. The predicted octanol–water partition coefficient (Wildman–Crippen LogP) is 16.2. The quantitative estimate of drug-likeness (QED) is 0.149. The number of anilines is 6. The van der Waals surface area contributed by atoms with Gasteiger partial charge >= 0.3 is 0 Å². The summed E-state index contributed by atoms with van der Waals surface area (Å²) in [6, 6.07) is 57.5. The van der Waals surface area contributed by atoms with Crippen LogP contribution in [0.4, 0.5) is 34.1 Å². The molecule has 0 N–H and O–H groups in total. The van der Waals surface area contributed by atoms with Crippen LogP contribution in [0, 0.1) is 6.92 Å². The first kappa shape index (κ1) is 41.2. The van der Waals surface area contributed by atoms with E-state index in [9.17, 15) is 0 Å². The Morgan fingerprint density at radius 1 is 0.588 bits per heavy atom. The van der Waals surface area contributed by atoms with Crippen LogP contribution in [0.1, 0.15) is 101 Å². The van der Waals surface area contributed by atoms with Gasteiger partial charge in [-0.15, -0.1) is 0 Å². The van der Waals surface area contributed by atoms with E-state index in [4.69, 9.17) is 8.83 Å². The van der Waals surface area contributed by atoms with E-state index in [0.717, 1.165) is 68.8 Å². The standard InChI is InChI=1S/C63H57BN2O2/c1-6-7-15-40-22-33-51(48(38-40)43-25-23-42(24-26-43)41-16-9-8-10-17-41)66-53-37-39(2)36-52-60(53)64(50-32-35-57-59(62(50)66)47-19-12-14-21-55(47)68-57)49-31-34-56-58(46-18-11-13-20-54(46)67-56)61(49)65(52)45-29-27-44(28-30-45)63(3,4)5/h11-14,18-38,41H,6-10,15-17H2,1-5H3. The van der Waals surface area contributed by atoms with Gasteiger partial charge in [0.05, 0.1) is 27.8 Å². The summed E-state index contributed by atoms with van der Waals surface area (Å²) in [7, 11) is 0. The van der Waals surface area contributed by atoms with Crippen molar-refractivity contribution in [2.45, 2.75) is 97.3 Å². The highest BCUT2D eigenvalue weighted by Crippen LogP contribution is 2.52. The monoisotopic (exact) mass is 884 g/mol. The Kier molecular flexibility index (Phi) is 9.58. The summed E-state index contributed by atoms with van der Waals surface area (Å²) in [4.78, 5) is 5.19. The summed E-state index contributed by atoms with van der Waals surface area (Å²) < 4.78 is 13.5. The summed E-state index contributed by atoms with van der Waals surface area (Å²) in [6.07, 6.45) is 9.97. The van der Waals surface area contributed by atoms with Gasteiger partial charge in [-0.1, -0.05) is 144 Å². The molecule has 1 fully saturated rings. The second-order valence-corrected chi connectivity index (χ2v) is 21.0. The normalized spacial score (nSPS) is 14.9. The molecule has 1 saturated carbocycles. The predicted molar refractivity (Wildman–Crippen MR) is 288 cm³/mol. The van der Waals surface area contributed by atoms with E-state index in [0.29, 0.717) is 5.92 Å². The van der Waals surface area contributed by atoms with Crippen molar-refractivity contribution in [2.24, 2.45) is 0 Å². The third-order valence-corrected chi connectivity index (χ3v) is 15.6. The molecule has 334 valence electrons. The lowest BCUT2D eigenvalue weighted by Crippen LogP contribution is -2.61. The summed E-state index contributed by atoms with van der Waals surface area (Å²) in [6.45, 7) is 11.4. The van der Waals surface area contributed by atoms with Crippen molar-refractivity contribution in [1.82, 2.24) is 0 Å². The van der Waals surface area contributed by atoms with Crippen molar-refractivity contribution in [1.29, 1.82) is 0 Å². The molecule has 68 heavy (non-hydrogen) atoms. The minimum Gasteiger partial charge on any atom is -0.456 e. The van der Waals surface area contributed by atoms with Gasteiger partial charge in [0, 0.05) is 33.4 Å². The molecule has 10 aromatic rings. The smallest absolute Gasteiger partial charge is 0.252 e. The second-order valence-electron chi connectivity index (χ2n) is 21.0. The van der Waals surface area contributed by atoms with Crippen molar-refractivity contribution in [3.8, 4) is 11.1 Å². The van der Waals surface area contributed by atoms with Gasteiger partial charge < -0.3 is 18.6 Å². The van der Waals surface area contributed by atoms with Crippen molar-refractivity contribution < 1.29 is 8.83 Å². The lowest BCUT2D eigenvalue weighted by atomic mass is 9.33. The number of rotatable bonds is 7. The lowest BCUT2D eigenvalue weighted by molar-refractivity contribution is 0.443. The second kappa shape index (κ2) is 15.8. The van der Waals surface area contributed by atoms with Crippen LogP contribution in [0.25, 0.3) is 55.0 Å². The molecule has 0 radical (unpaired) electrons. The summed E-state index contributed by atoms with van der Waals surface area (Å²) >= 11 is 0.